The van der Waals surface area contributed by atoms with Gasteiger partial charge in [0.1, 0.15) is 0 Å². The van der Waals surface area contributed by atoms with Crippen molar-refractivity contribution in [3.8, 4) is 0 Å². The van der Waals surface area contributed by atoms with E-state index in [-0.39, 0.29) is 18.8 Å². The molecule has 0 unspecified atom stereocenters. The van der Waals surface area contributed by atoms with E-state index in [0.29, 0.717) is 10.6 Å². The second kappa shape index (κ2) is 6.26. The van der Waals surface area contributed by atoms with E-state index in [1.165, 1.54) is 0 Å². The minimum Gasteiger partial charge on any atom is -0.324 e. The molecular formula is C10H13Cl2F2N. The number of benzene rings is 1. The van der Waals surface area contributed by atoms with Crippen LogP contribution in [0.15, 0.2) is 18.2 Å². The van der Waals surface area contributed by atoms with Crippen molar-refractivity contribution in [2.45, 2.75) is 25.8 Å². The predicted molar refractivity (Wildman–Crippen MR) is 61.0 cm³/mol. The second-order valence-electron chi connectivity index (χ2n) is 3.20. The second-order valence-corrected chi connectivity index (χ2v) is 3.61. The van der Waals surface area contributed by atoms with E-state index in [1.807, 2.05) is 13.0 Å². The van der Waals surface area contributed by atoms with Gasteiger partial charge in [0.05, 0.1) is 0 Å². The summed E-state index contributed by atoms with van der Waals surface area (Å²) in [7, 11) is 0. The molecule has 1 rings (SSSR count). The lowest BCUT2D eigenvalue weighted by Crippen LogP contribution is -2.15. The molecule has 0 amide bonds. The van der Waals surface area contributed by atoms with Gasteiger partial charge in [0.2, 0.25) is 6.43 Å². The summed E-state index contributed by atoms with van der Waals surface area (Å²) in [5.41, 5.74) is 7.11. The molecule has 0 bridgehead atoms. The van der Waals surface area contributed by atoms with Gasteiger partial charge < -0.3 is 5.73 Å². The maximum atomic E-state index is 12.1. The van der Waals surface area contributed by atoms with Crippen molar-refractivity contribution in [2.75, 3.05) is 0 Å². The Kier molecular flexibility index (Phi) is 6.10. The Bertz CT molecular complexity index is 298. The minimum atomic E-state index is -2.40. The van der Waals surface area contributed by atoms with Gasteiger partial charge in [0.25, 0.3) is 0 Å². The highest BCUT2D eigenvalue weighted by atomic mass is 35.5. The van der Waals surface area contributed by atoms with Crippen LogP contribution in [-0.2, 0) is 0 Å². The zero-order valence-electron chi connectivity index (χ0n) is 8.21. The fourth-order valence-electron chi connectivity index (χ4n) is 1.42. The smallest absolute Gasteiger partial charge is 0.240 e. The lowest BCUT2D eigenvalue weighted by Gasteiger charge is -2.15. The fourth-order valence-corrected chi connectivity index (χ4v) is 1.79. The van der Waals surface area contributed by atoms with Gasteiger partial charge in [-0.3, -0.25) is 0 Å². The van der Waals surface area contributed by atoms with Crippen molar-refractivity contribution in [1.82, 2.24) is 0 Å². The molecule has 0 aliphatic carbocycles. The first kappa shape index (κ1) is 14.6. The maximum Gasteiger partial charge on any atom is 0.240 e. The van der Waals surface area contributed by atoms with Gasteiger partial charge in [0, 0.05) is 17.5 Å². The van der Waals surface area contributed by atoms with Crippen LogP contribution in [0.25, 0.3) is 0 Å². The summed E-state index contributed by atoms with van der Waals surface area (Å²) in [4.78, 5) is 0. The maximum absolute atomic E-state index is 12.1. The number of nitrogens with two attached hydrogens (primary N) is 1. The first-order chi connectivity index (χ1) is 6.52. The third-order valence-corrected chi connectivity index (χ3v) is 2.40. The van der Waals surface area contributed by atoms with Crippen LogP contribution in [0.5, 0.6) is 0 Å². The molecule has 86 valence electrons. The molecular weight excluding hydrogens is 243 g/mol. The molecule has 15 heavy (non-hydrogen) atoms. The number of alkyl halides is 2. The van der Waals surface area contributed by atoms with Gasteiger partial charge in [0.15, 0.2) is 0 Å². The van der Waals surface area contributed by atoms with Crippen LogP contribution in [0.4, 0.5) is 8.78 Å². The molecule has 1 nitrogen and oxygen atoms in total. The van der Waals surface area contributed by atoms with Crippen molar-refractivity contribution in [2.24, 2.45) is 5.73 Å². The molecule has 0 spiro atoms. The van der Waals surface area contributed by atoms with E-state index in [1.54, 1.807) is 12.1 Å². The molecule has 1 aromatic rings. The number of halogens is 4. The van der Waals surface area contributed by atoms with Gasteiger partial charge in [-0.25, -0.2) is 8.78 Å². The van der Waals surface area contributed by atoms with Gasteiger partial charge in [-0.1, -0.05) is 23.7 Å². The van der Waals surface area contributed by atoms with Crippen LogP contribution in [0.2, 0.25) is 5.02 Å². The van der Waals surface area contributed by atoms with Gasteiger partial charge in [-0.05, 0) is 24.1 Å². The predicted octanol–water partition coefficient (Wildman–Crippen LogP) is 3.73. The van der Waals surface area contributed by atoms with Crippen molar-refractivity contribution < 1.29 is 8.78 Å². The Hall–Kier alpha value is -0.380. The molecule has 0 fully saturated rings. The molecule has 0 radical (unpaired) electrons. The Labute approximate surface area is 99.0 Å². The third kappa shape index (κ3) is 3.93. The molecule has 1 atom stereocenters. The molecule has 0 aliphatic heterocycles. The first-order valence-corrected chi connectivity index (χ1v) is 4.69. The summed E-state index contributed by atoms with van der Waals surface area (Å²) in [5, 5.41) is 0.457. The van der Waals surface area contributed by atoms with E-state index in [0.717, 1.165) is 5.56 Å². The lowest BCUT2D eigenvalue weighted by molar-refractivity contribution is 0.128. The lowest BCUT2D eigenvalue weighted by atomic mass is 10.00. The number of hydrogen-bond acceptors (Lipinski definition) is 1. The van der Waals surface area contributed by atoms with E-state index in [2.05, 4.69) is 0 Å². The molecule has 0 aromatic heterocycles. The van der Waals surface area contributed by atoms with Crippen LogP contribution in [0.3, 0.4) is 0 Å². The topological polar surface area (TPSA) is 26.0 Å². The Morgan fingerprint density at radius 3 is 2.47 bits per heavy atom. The van der Waals surface area contributed by atoms with Crippen molar-refractivity contribution in [3.05, 3.63) is 34.3 Å². The van der Waals surface area contributed by atoms with Crippen LogP contribution >= 0.6 is 24.0 Å². The molecule has 0 saturated heterocycles. The summed E-state index contributed by atoms with van der Waals surface area (Å²) in [6.45, 7) is 1.81. The molecule has 0 heterocycles. The number of rotatable bonds is 3. The highest BCUT2D eigenvalue weighted by molar-refractivity contribution is 6.31. The Morgan fingerprint density at radius 2 is 2.00 bits per heavy atom. The summed E-state index contributed by atoms with van der Waals surface area (Å²) < 4.78 is 24.2. The van der Waals surface area contributed by atoms with Crippen molar-refractivity contribution >= 4 is 24.0 Å². The Morgan fingerprint density at radius 1 is 1.40 bits per heavy atom. The normalized spacial score (nSPS) is 12.4. The summed E-state index contributed by atoms with van der Waals surface area (Å²) in [5.74, 6) is 0. The monoisotopic (exact) mass is 255 g/mol. The van der Waals surface area contributed by atoms with E-state index in [9.17, 15) is 8.78 Å². The van der Waals surface area contributed by atoms with Crippen molar-refractivity contribution in [1.29, 1.82) is 0 Å². The molecule has 1 aromatic carbocycles. The number of hydrogen-bond donors (Lipinski definition) is 1. The van der Waals surface area contributed by atoms with E-state index < -0.39 is 12.5 Å². The Balaban J connectivity index is 0.00000196. The zero-order chi connectivity index (χ0) is 10.7. The zero-order valence-corrected chi connectivity index (χ0v) is 9.79. The highest BCUT2D eigenvalue weighted by Crippen LogP contribution is 2.28. The largest absolute Gasteiger partial charge is 0.324 e. The summed E-state index contributed by atoms with van der Waals surface area (Å²) in [6, 6.07) is 4.56. The summed E-state index contributed by atoms with van der Waals surface area (Å²) in [6.07, 6.45) is -2.76. The van der Waals surface area contributed by atoms with Crippen LogP contribution in [-0.4, -0.2) is 6.43 Å². The van der Waals surface area contributed by atoms with Crippen LogP contribution < -0.4 is 5.73 Å². The van der Waals surface area contributed by atoms with E-state index >= 15 is 0 Å². The van der Waals surface area contributed by atoms with Gasteiger partial charge in [-0.2, -0.15) is 0 Å². The average Bonchev–Trinajstić information content (AvgIpc) is 2.01. The van der Waals surface area contributed by atoms with E-state index in [4.69, 9.17) is 17.3 Å². The first-order valence-electron chi connectivity index (χ1n) is 4.31. The molecule has 5 heteroatoms. The SMILES string of the molecule is Cc1cccc(Cl)c1[C@@H](N)CC(F)F.Cl. The quantitative estimate of drug-likeness (QED) is 0.876. The molecule has 0 aliphatic rings. The standard InChI is InChI=1S/C10H12ClF2N.ClH/c1-6-3-2-4-7(11)10(6)8(14)5-9(12)13;/h2-4,8-9H,5,14H2,1H3;1H/t8-;/m0./s1. The molecule has 0 saturated carbocycles. The average molecular weight is 256 g/mol. The highest BCUT2D eigenvalue weighted by Gasteiger charge is 2.17. The van der Waals surface area contributed by atoms with Crippen molar-refractivity contribution in [3.63, 3.8) is 0 Å². The van der Waals surface area contributed by atoms with Crippen LogP contribution in [0.1, 0.15) is 23.6 Å². The fraction of sp³-hybridized carbons (Fsp3) is 0.400. The van der Waals surface area contributed by atoms with Gasteiger partial charge in [-0.15, -0.1) is 12.4 Å². The minimum absolute atomic E-state index is 0. The van der Waals surface area contributed by atoms with Gasteiger partial charge >= 0.3 is 0 Å². The summed E-state index contributed by atoms with van der Waals surface area (Å²) >= 11 is 5.88. The third-order valence-electron chi connectivity index (χ3n) is 2.07. The van der Waals surface area contributed by atoms with Crippen LogP contribution in [0, 0.1) is 6.92 Å². The number of aryl methyl sites for hydroxylation is 1. The molecule has 2 N–H and O–H groups in total.